The second kappa shape index (κ2) is 8.06. The van der Waals surface area contributed by atoms with Gasteiger partial charge in [0.05, 0.1) is 16.7 Å². The molecule has 0 spiro atoms. The maximum absolute atomic E-state index is 9.44. The smallest absolute Gasteiger partial charge is 0.0998 e. The molecule has 0 saturated heterocycles. The molecule has 0 aliphatic rings. The Hall–Kier alpha value is -1.95. The Morgan fingerprint density at radius 3 is 2.26 bits per heavy atom. The topological polar surface area (TPSA) is 27.0 Å². The van der Waals surface area contributed by atoms with Gasteiger partial charge in [-0.05, 0) is 49.8 Å². The van der Waals surface area contributed by atoms with E-state index < -0.39 is 0 Å². The van der Waals surface area contributed by atoms with Crippen LogP contribution in [0.2, 0.25) is 10.0 Å². The van der Waals surface area contributed by atoms with Gasteiger partial charge in [-0.25, -0.2) is 0 Å². The fraction of sp³-hybridized carbons (Fsp3) is 0.211. The molecule has 0 amide bonds. The van der Waals surface area contributed by atoms with Gasteiger partial charge in [0.2, 0.25) is 0 Å². The van der Waals surface area contributed by atoms with Crippen molar-refractivity contribution in [2.75, 3.05) is 18.0 Å². The molecule has 0 aromatic heterocycles. The normalized spacial score (nSPS) is 11.2. The van der Waals surface area contributed by atoms with Gasteiger partial charge in [0.25, 0.3) is 0 Å². The lowest BCUT2D eigenvalue weighted by Crippen LogP contribution is -2.21. The molecule has 0 unspecified atom stereocenters. The summed E-state index contributed by atoms with van der Waals surface area (Å²) in [5.74, 6) is 0. The van der Waals surface area contributed by atoms with Gasteiger partial charge in [0.1, 0.15) is 0 Å². The third-order valence-corrected chi connectivity index (χ3v) is 4.22. The second-order valence-electron chi connectivity index (χ2n) is 5.06. The lowest BCUT2D eigenvalue weighted by Gasteiger charge is -2.20. The van der Waals surface area contributed by atoms with Gasteiger partial charge in [-0.1, -0.05) is 41.4 Å². The molecule has 0 aliphatic carbocycles. The van der Waals surface area contributed by atoms with Crippen molar-refractivity contribution in [3.05, 3.63) is 63.6 Å². The fourth-order valence-electron chi connectivity index (χ4n) is 2.41. The number of nitrogens with zero attached hydrogens (tertiary/aromatic N) is 2. The summed E-state index contributed by atoms with van der Waals surface area (Å²) in [5.41, 5.74) is 3.34. The quantitative estimate of drug-likeness (QED) is 0.498. The number of anilines is 1. The van der Waals surface area contributed by atoms with Crippen molar-refractivity contribution in [1.82, 2.24) is 0 Å². The average Bonchev–Trinajstić information content (AvgIpc) is 2.55. The summed E-state index contributed by atoms with van der Waals surface area (Å²) in [6, 6.07) is 15.5. The molecule has 0 heterocycles. The van der Waals surface area contributed by atoms with Crippen molar-refractivity contribution in [3.8, 4) is 6.07 Å². The van der Waals surface area contributed by atoms with Crippen LogP contribution < -0.4 is 4.90 Å². The van der Waals surface area contributed by atoms with Crippen molar-refractivity contribution in [2.24, 2.45) is 0 Å². The van der Waals surface area contributed by atoms with Crippen LogP contribution in [0.15, 0.2) is 42.5 Å². The van der Waals surface area contributed by atoms with Gasteiger partial charge in [0, 0.05) is 29.4 Å². The summed E-state index contributed by atoms with van der Waals surface area (Å²) in [4.78, 5) is 2.27. The monoisotopic (exact) mass is 344 g/mol. The molecule has 0 fully saturated rings. The summed E-state index contributed by atoms with van der Waals surface area (Å²) < 4.78 is 0. The van der Waals surface area contributed by atoms with Crippen LogP contribution in [-0.4, -0.2) is 13.1 Å². The number of benzene rings is 2. The van der Waals surface area contributed by atoms with Crippen LogP contribution in [-0.2, 0) is 0 Å². The molecule has 0 N–H and O–H groups in total. The van der Waals surface area contributed by atoms with Crippen molar-refractivity contribution in [3.63, 3.8) is 0 Å². The zero-order valence-corrected chi connectivity index (χ0v) is 14.7. The lowest BCUT2D eigenvalue weighted by atomic mass is 10.0. The SMILES string of the molecule is CCN(CC)c1ccc(/C=C(\C#N)c2ccc(Cl)cc2Cl)cc1. The van der Waals surface area contributed by atoms with Crippen LogP contribution in [0.4, 0.5) is 5.69 Å². The van der Waals surface area contributed by atoms with Gasteiger partial charge in [-0.3, -0.25) is 0 Å². The largest absolute Gasteiger partial charge is 0.372 e. The summed E-state index contributed by atoms with van der Waals surface area (Å²) >= 11 is 12.1. The number of hydrogen-bond donors (Lipinski definition) is 0. The Morgan fingerprint density at radius 2 is 1.74 bits per heavy atom. The van der Waals surface area contributed by atoms with Crippen molar-refractivity contribution < 1.29 is 0 Å². The van der Waals surface area contributed by atoms with E-state index in [1.54, 1.807) is 18.2 Å². The first-order valence-corrected chi connectivity index (χ1v) is 8.26. The Morgan fingerprint density at radius 1 is 1.09 bits per heavy atom. The van der Waals surface area contributed by atoms with Gasteiger partial charge in [0.15, 0.2) is 0 Å². The summed E-state index contributed by atoms with van der Waals surface area (Å²) in [5, 5.41) is 10.5. The van der Waals surface area contributed by atoms with E-state index in [1.165, 1.54) is 5.69 Å². The number of halogens is 2. The van der Waals surface area contributed by atoms with Crippen LogP contribution in [0.1, 0.15) is 25.0 Å². The minimum absolute atomic E-state index is 0.477. The molecule has 2 rings (SSSR count). The molecule has 0 radical (unpaired) electrons. The Labute approximate surface area is 147 Å². The molecule has 2 nitrogen and oxygen atoms in total. The van der Waals surface area contributed by atoms with Gasteiger partial charge >= 0.3 is 0 Å². The first-order valence-electron chi connectivity index (χ1n) is 7.51. The molecule has 23 heavy (non-hydrogen) atoms. The molecule has 4 heteroatoms. The maximum Gasteiger partial charge on any atom is 0.0998 e. The molecule has 118 valence electrons. The van der Waals surface area contributed by atoms with Gasteiger partial charge in [-0.2, -0.15) is 5.26 Å². The lowest BCUT2D eigenvalue weighted by molar-refractivity contribution is 0.866. The molecule has 0 aliphatic heterocycles. The second-order valence-corrected chi connectivity index (χ2v) is 5.90. The van der Waals surface area contributed by atoms with Crippen molar-refractivity contribution >= 4 is 40.5 Å². The van der Waals surface area contributed by atoms with Crippen LogP contribution >= 0.6 is 23.2 Å². The minimum Gasteiger partial charge on any atom is -0.372 e. The van der Waals surface area contributed by atoms with E-state index in [0.717, 1.165) is 18.7 Å². The van der Waals surface area contributed by atoms with E-state index in [-0.39, 0.29) is 0 Å². The van der Waals surface area contributed by atoms with Crippen LogP contribution in [0.3, 0.4) is 0 Å². The van der Waals surface area contributed by atoms with E-state index in [1.807, 2.05) is 18.2 Å². The van der Waals surface area contributed by atoms with Crippen LogP contribution in [0.5, 0.6) is 0 Å². The molecular formula is C19H18Cl2N2. The fourth-order valence-corrected chi connectivity index (χ4v) is 2.93. The van der Waals surface area contributed by atoms with E-state index in [9.17, 15) is 5.26 Å². The van der Waals surface area contributed by atoms with E-state index in [2.05, 4.69) is 36.9 Å². The summed E-state index contributed by atoms with van der Waals surface area (Å²) in [7, 11) is 0. The number of nitriles is 1. The highest BCUT2D eigenvalue weighted by molar-refractivity contribution is 6.36. The number of rotatable bonds is 5. The molecular weight excluding hydrogens is 327 g/mol. The number of allylic oxidation sites excluding steroid dienone is 1. The predicted octanol–water partition coefficient (Wildman–Crippen LogP) is 5.90. The molecule has 0 saturated carbocycles. The Bertz CT molecular complexity index is 739. The third kappa shape index (κ3) is 4.28. The first kappa shape index (κ1) is 17.4. The van der Waals surface area contributed by atoms with Crippen LogP contribution in [0.25, 0.3) is 11.6 Å². The Kier molecular flexibility index (Phi) is 6.10. The molecule has 0 bridgehead atoms. The summed E-state index contributed by atoms with van der Waals surface area (Å²) in [6.45, 7) is 6.20. The maximum atomic E-state index is 9.44. The standard InChI is InChI=1S/C19H18Cl2N2/c1-3-23(4-2)17-8-5-14(6-9-17)11-15(13-22)18-10-7-16(20)12-19(18)21/h5-12H,3-4H2,1-2H3/b15-11+. The zero-order valence-electron chi connectivity index (χ0n) is 13.2. The van der Waals surface area contributed by atoms with Gasteiger partial charge in [-0.15, -0.1) is 0 Å². The molecule has 2 aromatic rings. The first-order chi connectivity index (χ1) is 11.1. The predicted molar refractivity (Wildman–Crippen MR) is 99.9 cm³/mol. The van der Waals surface area contributed by atoms with E-state index in [4.69, 9.17) is 23.2 Å². The van der Waals surface area contributed by atoms with Gasteiger partial charge < -0.3 is 4.90 Å². The number of hydrogen-bond acceptors (Lipinski definition) is 2. The minimum atomic E-state index is 0.477. The van der Waals surface area contributed by atoms with E-state index in [0.29, 0.717) is 21.2 Å². The van der Waals surface area contributed by atoms with E-state index >= 15 is 0 Å². The Balaban J connectivity index is 2.33. The van der Waals surface area contributed by atoms with Crippen molar-refractivity contribution in [2.45, 2.75) is 13.8 Å². The zero-order chi connectivity index (χ0) is 16.8. The van der Waals surface area contributed by atoms with Crippen molar-refractivity contribution in [1.29, 1.82) is 5.26 Å². The van der Waals surface area contributed by atoms with Crippen LogP contribution in [0, 0.1) is 11.3 Å². The third-order valence-electron chi connectivity index (χ3n) is 3.67. The molecule has 2 aromatic carbocycles. The summed E-state index contributed by atoms with van der Waals surface area (Å²) in [6.07, 6.45) is 1.83. The molecule has 0 atom stereocenters. The highest BCUT2D eigenvalue weighted by Gasteiger charge is 2.07. The average molecular weight is 345 g/mol. The highest BCUT2D eigenvalue weighted by Crippen LogP contribution is 2.28. The highest BCUT2D eigenvalue weighted by atomic mass is 35.5.